The maximum Gasteiger partial charge on any atom is 0.490 e. The molecule has 1 aromatic carbocycles. The predicted octanol–water partition coefficient (Wildman–Crippen LogP) is 4.88. The lowest BCUT2D eigenvalue weighted by molar-refractivity contribution is -0.192. The van der Waals surface area contributed by atoms with Gasteiger partial charge in [-0.2, -0.15) is 13.2 Å². The van der Waals surface area contributed by atoms with Crippen molar-refractivity contribution in [1.29, 1.82) is 0 Å². The lowest BCUT2D eigenvalue weighted by atomic mass is 10.1. The van der Waals surface area contributed by atoms with E-state index in [0.29, 0.717) is 0 Å². The number of aliphatic carboxylic acids is 1. The molecule has 160 valence electrons. The maximum atomic E-state index is 10.6. The summed E-state index contributed by atoms with van der Waals surface area (Å²) in [6.07, 6.45) is -3.05. The third-order valence-electron chi connectivity index (χ3n) is 4.67. The Bertz CT molecular complexity index is 1030. The van der Waals surface area contributed by atoms with Crippen LogP contribution in [0.3, 0.4) is 0 Å². The predicted molar refractivity (Wildman–Crippen MR) is 109 cm³/mol. The van der Waals surface area contributed by atoms with Crippen molar-refractivity contribution in [3.63, 3.8) is 0 Å². The summed E-state index contributed by atoms with van der Waals surface area (Å²) in [6.45, 7) is 8.38. The standard InChI is InChI=1S/C19H21N3S.C2HF3O2/c1-14-4-3-5-16(10-14)18-11-20-19-13-21(8-9-22(18)19)12-17-7-6-15(2)23-17;3-2(4,5)1(6)7/h3-7,10-11H,8-9,12-13H2,1-2H3;(H,6,7). The highest BCUT2D eigenvalue weighted by Crippen LogP contribution is 2.26. The van der Waals surface area contributed by atoms with Crippen molar-refractivity contribution in [2.75, 3.05) is 6.54 Å². The van der Waals surface area contributed by atoms with Crippen molar-refractivity contribution in [2.45, 2.75) is 39.7 Å². The van der Waals surface area contributed by atoms with E-state index < -0.39 is 12.1 Å². The number of carboxylic acid groups (broad SMARTS) is 1. The van der Waals surface area contributed by atoms with Gasteiger partial charge in [0.2, 0.25) is 0 Å². The van der Waals surface area contributed by atoms with Gasteiger partial charge in [0.05, 0.1) is 18.4 Å². The Morgan fingerprint density at radius 2 is 1.93 bits per heavy atom. The number of carboxylic acids is 1. The number of imidazole rings is 1. The zero-order valence-electron chi connectivity index (χ0n) is 16.6. The number of hydrogen-bond acceptors (Lipinski definition) is 4. The van der Waals surface area contributed by atoms with Crippen LogP contribution in [0.4, 0.5) is 13.2 Å². The molecule has 0 bridgehead atoms. The van der Waals surface area contributed by atoms with Gasteiger partial charge in [0.25, 0.3) is 0 Å². The Labute approximate surface area is 176 Å². The van der Waals surface area contributed by atoms with Gasteiger partial charge in [0, 0.05) is 35.0 Å². The number of alkyl halides is 3. The Morgan fingerprint density at radius 3 is 2.53 bits per heavy atom. The fourth-order valence-electron chi connectivity index (χ4n) is 3.27. The summed E-state index contributed by atoms with van der Waals surface area (Å²) in [5.41, 5.74) is 3.81. The summed E-state index contributed by atoms with van der Waals surface area (Å²) in [5, 5.41) is 7.12. The van der Waals surface area contributed by atoms with Gasteiger partial charge in [-0.3, -0.25) is 4.90 Å². The van der Waals surface area contributed by atoms with Crippen LogP contribution in [0, 0.1) is 13.8 Å². The second kappa shape index (κ2) is 9.01. The van der Waals surface area contributed by atoms with Gasteiger partial charge in [-0.05, 0) is 32.0 Å². The minimum Gasteiger partial charge on any atom is -0.475 e. The molecule has 0 amide bonds. The summed E-state index contributed by atoms with van der Waals surface area (Å²) in [4.78, 5) is 18.9. The van der Waals surface area contributed by atoms with Gasteiger partial charge < -0.3 is 9.67 Å². The zero-order chi connectivity index (χ0) is 21.9. The van der Waals surface area contributed by atoms with Crippen LogP contribution in [0.25, 0.3) is 11.3 Å². The lowest BCUT2D eigenvalue weighted by Gasteiger charge is -2.28. The lowest BCUT2D eigenvalue weighted by Crippen LogP contribution is -2.33. The van der Waals surface area contributed by atoms with E-state index >= 15 is 0 Å². The van der Waals surface area contributed by atoms with Crippen LogP contribution in [0.2, 0.25) is 0 Å². The van der Waals surface area contributed by atoms with E-state index in [9.17, 15) is 13.2 Å². The van der Waals surface area contributed by atoms with E-state index in [1.807, 2.05) is 17.5 Å². The van der Waals surface area contributed by atoms with Crippen molar-refractivity contribution in [3.05, 3.63) is 63.7 Å². The Morgan fingerprint density at radius 1 is 1.20 bits per heavy atom. The van der Waals surface area contributed by atoms with Crippen LogP contribution in [-0.4, -0.2) is 38.2 Å². The first-order valence-electron chi connectivity index (χ1n) is 9.32. The van der Waals surface area contributed by atoms with E-state index in [1.165, 1.54) is 32.4 Å². The summed E-state index contributed by atoms with van der Waals surface area (Å²) < 4.78 is 34.1. The summed E-state index contributed by atoms with van der Waals surface area (Å²) >= 11 is 1.90. The van der Waals surface area contributed by atoms with Crippen LogP contribution < -0.4 is 0 Å². The fraction of sp³-hybridized carbons (Fsp3) is 0.333. The van der Waals surface area contributed by atoms with Gasteiger partial charge in [-0.25, -0.2) is 9.78 Å². The molecule has 3 aromatic rings. The number of thiophene rings is 1. The smallest absolute Gasteiger partial charge is 0.475 e. The molecule has 0 fully saturated rings. The van der Waals surface area contributed by atoms with E-state index in [0.717, 1.165) is 26.2 Å². The van der Waals surface area contributed by atoms with Crippen molar-refractivity contribution < 1.29 is 23.1 Å². The van der Waals surface area contributed by atoms with Crippen LogP contribution in [0.1, 0.15) is 21.1 Å². The number of halogens is 3. The average molecular weight is 437 g/mol. The molecular weight excluding hydrogens is 415 g/mol. The van der Waals surface area contributed by atoms with Gasteiger partial charge in [0.15, 0.2) is 0 Å². The molecule has 0 atom stereocenters. The number of benzene rings is 1. The number of aryl methyl sites for hydroxylation is 2. The number of aromatic nitrogens is 2. The molecule has 0 aliphatic carbocycles. The molecule has 1 aliphatic rings. The summed E-state index contributed by atoms with van der Waals surface area (Å²) in [6, 6.07) is 13.1. The second-order valence-corrected chi connectivity index (χ2v) is 8.48. The largest absolute Gasteiger partial charge is 0.490 e. The molecule has 5 nitrogen and oxygen atoms in total. The molecule has 30 heavy (non-hydrogen) atoms. The number of hydrogen-bond donors (Lipinski definition) is 1. The molecule has 3 heterocycles. The summed E-state index contributed by atoms with van der Waals surface area (Å²) in [5.74, 6) is -1.58. The van der Waals surface area contributed by atoms with Crippen molar-refractivity contribution in [2.24, 2.45) is 0 Å². The Kier molecular flexibility index (Phi) is 6.62. The molecule has 1 N–H and O–H groups in total. The first-order valence-corrected chi connectivity index (χ1v) is 10.1. The van der Waals surface area contributed by atoms with Gasteiger partial charge in [-0.1, -0.05) is 23.8 Å². The molecule has 1 aliphatic heterocycles. The van der Waals surface area contributed by atoms with Gasteiger partial charge in [0.1, 0.15) is 5.82 Å². The zero-order valence-corrected chi connectivity index (χ0v) is 17.4. The highest BCUT2D eigenvalue weighted by molar-refractivity contribution is 7.11. The topological polar surface area (TPSA) is 58.4 Å². The fourth-order valence-corrected chi connectivity index (χ4v) is 4.20. The quantitative estimate of drug-likeness (QED) is 0.635. The molecular formula is C21H22F3N3O2S. The minimum atomic E-state index is -5.08. The highest BCUT2D eigenvalue weighted by Gasteiger charge is 2.38. The molecule has 0 saturated carbocycles. The van der Waals surface area contributed by atoms with E-state index in [1.54, 1.807) is 0 Å². The first kappa shape index (κ1) is 22.0. The third kappa shape index (κ3) is 5.48. The van der Waals surface area contributed by atoms with E-state index in [-0.39, 0.29) is 0 Å². The SMILES string of the molecule is Cc1cccc(-c2cnc3n2CCN(Cc2ccc(C)s2)C3)c1.O=C(O)C(F)(F)F. The van der Waals surface area contributed by atoms with E-state index in [4.69, 9.17) is 9.90 Å². The second-order valence-electron chi connectivity index (χ2n) is 7.11. The third-order valence-corrected chi connectivity index (χ3v) is 5.66. The van der Waals surface area contributed by atoms with Crippen molar-refractivity contribution in [3.8, 4) is 11.3 Å². The van der Waals surface area contributed by atoms with Crippen LogP contribution in [0.15, 0.2) is 42.6 Å². The van der Waals surface area contributed by atoms with Gasteiger partial charge >= 0.3 is 12.1 Å². The number of nitrogens with zero attached hydrogens (tertiary/aromatic N) is 3. The van der Waals surface area contributed by atoms with Crippen LogP contribution in [-0.2, 0) is 24.4 Å². The molecule has 0 saturated heterocycles. The highest BCUT2D eigenvalue weighted by atomic mass is 32.1. The number of rotatable bonds is 3. The maximum absolute atomic E-state index is 10.6. The summed E-state index contributed by atoms with van der Waals surface area (Å²) in [7, 11) is 0. The first-order chi connectivity index (χ1) is 14.1. The molecule has 0 unspecified atom stereocenters. The monoisotopic (exact) mass is 437 g/mol. The molecule has 4 rings (SSSR count). The molecule has 9 heteroatoms. The van der Waals surface area contributed by atoms with Crippen molar-refractivity contribution >= 4 is 17.3 Å². The molecule has 2 aromatic heterocycles. The molecule has 0 radical (unpaired) electrons. The minimum absolute atomic E-state index is 0.933. The average Bonchev–Trinajstić information content (AvgIpc) is 3.27. The van der Waals surface area contributed by atoms with E-state index in [2.05, 4.69) is 64.7 Å². The normalized spacial score (nSPS) is 14.0. The Balaban J connectivity index is 0.000000318. The number of carbonyl (C=O) groups is 1. The van der Waals surface area contributed by atoms with Crippen LogP contribution in [0.5, 0.6) is 0 Å². The number of fused-ring (bicyclic) bond motifs is 1. The van der Waals surface area contributed by atoms with Gasteiger partial charge in [-0.15, -0.1) is 11.3 Å². The Hall–Kier alpha value is -2.65. The van der Waals surface area contributed by atoms with Crippen molar-refractivity contribution in [1.82, 2.24) is 14.5 Å². The molecule has 0 spiro atoms. The van der Waals surface area contributed by atoms with Crippen LogP contribution >= 0.6 is 11.3 Å².